The quantitative estimate of drug-likeness (QED) is 0.427. The van der Waals surface area contributed by atoms with Crippen LogP contribution in [0.25, 0.3) is 0 Å². The van der Waals surface area contributed by atoms with Gasteiger partial charge in [-0.05, 0) is 11.6 Å². The summed E-state index contributed by atoms with van der Waals surface area (Å²) in [5.74, 6) is 5.59. The van der Waals surface area contributed by atoms with Crippen molar-refractivity contribution in [3.63, 3.8) is 0 Å². The first-order chi connectivity index (χ1) is 5.29. The lowest BCUT2D eigenvalue weighted by molar-refractivity contribution is 1.32. The first-order valence-electron chi connectivity index (χ1n) is 3.09. The minimum absolute atomic E-state index is 0.397. The number of nitrogen functional groups attached to an aromatic ring is 1. The Balaban J connectivity index is 3.10. The van der Waals surface area contributed by atoms with Crippen molar-refractivity contribution >= 4 is 28.9 Å². The first kappa shape index (κ1) is 8.65. The Morgan fingerprint density at radius 2 is 2.18 bits per heavy atom. The number of halogens is 2. The van der Waals surface area contributed by atoms with Crippen LogP contribution in [0.4, 0.5) is 5.69 Å². The van der Waals surface area contributed by atoms with Gasteiger partial charge in [-0.3, -0.25) is 5.84 Å². The van der Waals surface area contributed by atoms with E-state index in [9.17, 15) is 0 Å². The molecular formula is C7H8Cl2N2. The Labute approximate surface area is 75.3 Å². The molecule has 4 heteroatoms. The highest BCUT2D eigenvalue weighted by Gasteiger charge is 2.02. The summed E-state index contributed by atoms with van der Waals surface area (Å²) >= 11 is 11.5. The van der Waals surface area contributed by atoms with Gasteiger partial charge in [-0.2, -0.15) is 0 Å². The van der Waals surface area contributed by atoms with Crippen LogP contribution in [0, 0.1) is 0 Å². The minimum Gasteiger partial charge on any atom is -0.323 e. The summed E-state index contributed by atoms with van der Waals surface area (Å²) in [5.41, 5.74) is 4.06. The number of hydrogen-bond acceptors (Lipinski definition) is 2. The Hall–Kier alpha value is -0.440. The highest BCUT2D eigenvalue weighted by Crippen LogP contribution is 2.25. The molecule has 0 atom stereocenters. The maximum absolute atomic E-state index is 5.88. The molecular weight excluding hydrogens is 183 g/mol. The molecule has 0 saturated carbocycles. The lowest BCUT2D eigenvalue weighted by Gasteiger charge is -2.05. The second-order valence-corrected chi connectivity index (χ2v) is 2.70. The van der Waals surface area contributed by atoms with E-state index in [0.717, 1.165) is 5.56 Å². The van der Waals surface area contributed by atoms with Gasteiger partial charge in [-0.25, -0.2) is 0 Å². The monoisotopic (exact) mass is 190 g/mol. The molecule has 0 aliphatic rings. The number of anilines is 1. The molecule has 0 bridgehead atoms. The van der Waals surface area contributed by atoms with E-state index in [1.54, 1.807) is 6.07 Å². The van der Waals surface area contributed by atoms with Crippen LogP contribution in [0.15, 0.2) is 18.2 Å². The van der Waals surface area contributed by atoms with Crippen molar-refractivity contribution in [2.45, 2.75) is 5.88 Å². The van der Waals surface area contributed by atoms with Crippen molar-refractivity contribution < 1.29 is 0 Å². The molecule has 0 amide bonds. The van der Waals surface area contributed by atoms with Crippen molar-refractivity contribution in [2.24, 2.45) is 5.84 Å². The fraction of sp³-hybridized carbons (Fsp3) is 0.143. The molecule has 11 heavy (non-hydrogen) atoms. The van der Waals surface area contributed by atoms with Gasteiger partial charge in [0.15, 0.2) is 0 Å². The van der Waals surface area contributed by atoms with Crippen molar-refractivity contribution in [3.8, 4) is 0 Å². The average Bonchev–Trinajstić information content (AvgIpc) is 2.05. The molecule has 0 aliphatic heterocycles. The number of hydrogen-bond donors (Lipinski definition) is 2. The largest absolute Gasteiger partial charge is 0.323 e. The molecule has 2 nitrogen and oxygen atoms in total. The van der Waals surface area contributed by atoms with E-state index >= 15 is 0 Å². The normalized spacial score (nSPS) is 9.73. The van der Waals surface area contributed by atoms with Crippen LogP contribution in [0.1, 0.15) is 5.56 Å². The van der Waals surface area contributed by atoms with Gasteiger partial charge in [0.05, 0.1) is 10.7 Å². The molecule has 0 radical (unpaired) electrons. The molecule has 0 unspecified atom stereocenters. The van der Waals surface area contributed by atoms with Crippen LogP contribution in [0.3, 0.4) is 0 Å². The third kappa shape index (κ3) is 1.77. The predicted molar refractivity (Wildman–Crippen MR) is 48.8 cm³/mol. The maximum Gasteiger partial charge on any atom is 0.0694 e. The zero-order chi connectivity index (χ0) is 8.27. The van der Waals surface area contributed by atoms with Crippen LogP contribution in [-0.4, -0.2) is 0 Å². The number of alkyl halides is 1. The van der Waals surface area contributed by atoms with E-state index < -0.39 is 0 Å². The Morgan fingerprint density at radius 1 is 1.45 bits per heavy atom. The average molecular weight is 191 g/mol. The number of nitrogens with two attached hydrogens (primary N) is 1. The molecule has 0 aromatic heterocycles. The van der Waals surface area contributed by atoms with Crippen molar-refractivity contribution in [3.05, 3.63) is 28.8 Å². The molecule has 0 heterocycles. The van der Waals surface area contributed by atoms with Gasteiger partial charge in [0.1, 0.15) is 0 Å². The SMILES string of the molecule is NNc1cccc(CCl)c1Cl. The van der Waals surface area contributed by atoms with Crippen molar-refractivity contribution in [1.29, 1.82) is 0 Å². The van der Waals surface area contributed by atoms with Gasteiger partial charge in [0.2, 0.25) is 0 Å². The van der Waals surface area contributed by atoms with Crippen LogP contribution in [0.2, 0.25) is 5.02 Å². The number of benzene rings is 1. The fourth-order valence-electron chi connectivity index (χ4n) is 0.794. The summed E-state index contributed by atoms with van der Waals surface area (Å²) in [7, 11) is 0. The fourth-order valence-corrected chi connectivity index (χ4v) is 1.33. The van der Waals surface area contributed by atoms with Gasteiger partial charge < -0.3 is 5.43 Å². The summed E-state index contributed by atoms with van der Waals surface area (Å²) in [4.78, 5) is 0. The molecule has 1 aromatic rings. The third-order valence-electron chi connectivity index (χ3n) is 1.38. The van der Waals surface area contributed by atoms with Gasteiger partial charge in [-0.1, -0.05) is 23.7 Å². The van der Waals surface area contributed by atoms with Crippen LogP contribution >= 0.6 is 23.2 Å². The summed E-state index contributed by atoms with van der Waals surface area (Å²) in [6, 6.07) is 5.49. The Morgan fingerprint density at radius 3 is 2.73 bits per heavy atom. The highest BCUT2D eigenvalue weighted by molar-refractivity contribution is 6.34. The lowest BCUT2D eigenvalue weighted by Crippen LogP contribution is -2.07. The standard InChI is InChI=1S/C7H8Cl2N2/c8-4-5-2-1-3-6(11-10)7(5)9/h1-3,11H,4,10H2. The second kappa shape index (κ2) is 3.81. The first-order valence-corrected chi connectivity index (χ1v) is 4.00. The van der Waals surface area contributed by atoms with E-state index in [0.29, 0.717) is 16.6 Å². The molecule has 3 N–H and O–H groups in total. The van der Waals surface area contributed by atoms with E-state index in [2.05, 4.69) is 5.43 Å². The maximum atomic E-state index is 5.88. The van der Waals surface area contributed by atoms with E-state index in [4.69, 9.17) is 29.0 Å². The van der Waals surface area contributed by atoms with E-state index in [1.807, 2.05) is 12.1 Å². The van der Waals surface area contributed by atoms with Crippen LogP contribution < -0.4 is 11.3 Å². The predicted octanol–water partition coefficient (Wildman–Crippen LogP) is 2.36. The van der Waals surface area contributed by atoms with Crippen LogP contribution in [-0.2, 0) is 5.88 Å². The zero-order valence-corrected chi connectivity index (χ0v) is 7.28. The summed E-state index contributed by atoms with van der Waals surface area (Å²) < 4.78 is 0. The van der Waals surface area contributed by atoms with Gasteiger partial charge in [0, 0.05) is 5.88 Å². The second-order valence-electron chi connectivity index (χ2n) is 2.06. The molecule has 1 aromatic carbocycles. The van der Waals surface area contributed by atoms with Crippen molar-refractivity contribution in [1.82, 2.24) is 0 Å². The minimum atomic E-state index is 0.397. The highest BCUT2D eigenvalue weighted by atomic mass is 35.5. The Bertz CT molecular complexity index is 228. The van der Waals surface area contributed by atoms with Crippen LogP contribution in [0.5, 0.6) is 0 Å². The molecule has 0 aliphatic carbocycles. The molecule has 1 rings (SSSR count). The number of hydrazine groups is 1. The summed E-state index contributed by atoms with van der Waals surface area (Å²) in [5, 5.41) is 0.588. The number of nitrogens with one attached hydrogen (secondary N) is 1. The van der Waals surface area contributed by atoms with Gasteiger partial charge >= 0.3 is 0 Å². The van der Waals surface area contributed by atoms with Crippen molar-refractivity contribution in [2.75, 3.05) is 5.43 Å². The third-order valence-corrected chi connectivity index (χ3v) is 2.11. The molecule has 0 spiro atoms. The van der Waals surface area contributed by atoms with E-state index in [1.165, 1.54) is 0 Å². The van der Waals surface area contributed by atoms with E-state index in [-0.39, 0.29) is 0 Å². The smallest absolute Gasteiger partial charge is 0.0694 e. The summed E-state index contributed by atoms with van der Waals surface area (Å²) in [6.07, 6.45) is 0. The lowest BCUT2D eigenvalue weighted by atomic mass is 10.2. The molecule has 0 saturated heterocycles. The van der Waals surface area contributed by atoms with Gasteiger partial charge in [-0.15, -0.1) is 11.6 Å². The topological polar surface area (TPSA) is 38.0 Å². The zero-order valence-electron chi connectivity index (χ0n) is 5.77. The van der Waals surface area contributed by atoms with Gasteiger partial charge in [0.25, 0.3) is 0 Å². The summed E-state index contributed by atoms with van der Waals surface area (Å²) in [6.45, 7) is 0. The molecule has 0 fully saturated rings. The Kier molecular flexibility index (Phi) is 3.00. The number of rotatable bonds is 2. The molecule has 60 valence electrons.